The monoisotopic (exact) mass is 524 g/mol. The van der Waals surface area contributed by atoms with Gasteiger partial charge in [0.2, 0.25) is 10.3 Å². The van der Waals surface area contributed by atoms with Crippen molar-refractivity contribution in [3.05, 3.63) is 65.2 Å². The third kappa shape index (κ3) is 7.68. The van der Waals surface area contributed by atoms with Gasteiger partial charge in [-0.15, -0.1) is 0 Å². The van der Waals surface area contributed by atoms with E-state index in [2.05, 4.69) is 10.3 Å². The molecule has 0 unspecified atom stereocenters. The summed E-state index contributed by atoms with van der Waals surface area (Å²) in [4.78, 5) is 40.7. The Morgan fingerprint density at radius 3 is 2.27 bits per heavy atom. The van der Waals surface area contributed by atoms with Crippen molar-refractivity contribution in [2.75, 3.05) is 0 Å². The molecule has 194 valence electrons. The summed E-state index contributed by atoms with van der Waals surface area (Å²) in [6.45, 7) is 0. The van der Waals surface area contributed by atoms with Crippen LogP contribution < -0.4 is 11.1 Å². The van der Waals surface area contributed by atoms with Crippen molar-refractivity contribution in [2.45, 2.75) is 51.0 Å². The van der Waals surface area contributed by atoms with Gasteiger partial charge in [0.15, 0.2) is 5.71 Å². The number of nitrogens with two attached hydrogens (primary N) is 1. The Hall–Kier alpha value is -4.12. The topological polar surface area (TPSA) is 180 Å². The van der Waals surface area contributed by atoms with Crippen LogP contribution >= 0.6 is 0 Å². The second kappa shape index (κ2) is 12.7. The molecule has 1 heterocycles. The number of nitrogens with one attached hydrogen (secondary N) is 2. The van der Waals surface area contributed by atoms with Gasteiger partial charge in [-0.25, -0.2) is 9.79 Å². The zero-order chi connectivity index (χ0) is 26.9. The Morgan fingerprint density at radius 1 is 0.973 bits per heavy atom. The maximum Gasteiger partial charge on any atom is 0.326 e. The Balaban J connectivity index is 1.58. The van der Waals surface area contributed by atoms with Crippen molar-refractivity contribution in [1.29, 1.82) is 5.41 Å². The van der Waals surface area contributed by atoms with E-state index < -0.39 is 28.2 Å². The second-order valence-electron chi connectivity index (χ2n) is 8.73. The van der Waals surface area contributed by atoms with E-state index in [-0.39, 0.29) is 40.6 Å². The summed E-state index contributed by atoms with van der Waals surface area (Å²) in [5.74, 6) is -1.94. The first-order valence-electron chi connectivity index (χ1n) is 11.8. The van der Waals surface area contributed by atoms with E-state index in [0.717, 1.165) is 24.8 Å². The molecule has 2 aromatic carbocycles. The fraction of sp³-hybridized carbons (Fsp3) is 0.308. The normalized spacial score (nSPS) is 12.9. The van der Waals surface area contributed by atoms with Crippen LogP contribution in [0.25, 0.3) is 0 Å². The highest BCUT2D eigenvalue weighted by atomic mass is 32.2. The SMILES string of the molecule is N=C(N)CCCCCC(=O)Cc1ccc(C[C@H](NC(=O)C2=Nc3ccccc3C2=S(=O)=O)C(=O)O)cc1. The van der Waals surface area contributed by atoms with Crippen molar-refractivity contribution in [2.24, 2.45) is 10.7 Å². The summed E-state index contributed by atoms with van der Waals surface area (Å²) in [6.07, 6.45) is 3.54. The summed E-state index contributed by atoms with van der Waals surface area (Å²) in [5, 5.41) is 19.2. The van der Waals surface area contributed by atoms with Crippen molar-refractivity contribution in [3.63, 3.8) is 0 Å². The molecule has 0 spiro atoms. The zero-order valence-corrected chi connectivity index (χ0v) is 20.9. The molecule has 1 atom stereocenters. The lowest BCUT2D eigenvalue weighted by atomic mass is 10.00. The number of rotatable bonds is 13. The highest BCUT2D eigenvalue weighted by Crippen LogP contribution is 2.26. The van der Waals surface area contributed by atoms with Gasteiger partial charge in [-0.2, -0.15) is 8.42 Å². The van der Waals surface area contributed by atoms with Gasteiger partial charge in [0.25, 0.3) is 5.91 Å². The highest BCUT2D eigenvalue weighted by molar-refractivity contribution is 7.75. The second-order valence-corrected chi connectivity index (χ2v) is 9.61. The zero-order valence-electron chi connectivity index (χ0n) is 20.1. The van der Waals surface area contributed by atoms with Crippen LogP contribution in [0.15, 0.2) is 53.5 Å². The number of aliphatic imine (C=N–C) groups is 1. The molecule has 3 rings (SSSR count). The van der Waals surface area contributed by atoms with E-state index in [4.69, 9.17) is 11.1 Å². The Labute approximate surface area is 215 Å². The van der Waals surface area contributed by atoms with E-state index in [1.54, 1.807) is 42.5 Å². The number of fused-ring (bicyclic) bond motifs is 1. The number of para-hydroxylation sites is 1. The third-order valence-electron chi connectivity index (χ3n) is 5.85. The maximum atomic E-state index is 12.8. The number of amidine groups is 1. The fourth-order valence-corrected chi connectivity index (χ4v) is 4.62. The summed E-state index contributed by atoms with van der Waals surface area (Å²) in [5.41, 5.74) is 6.99. The summed E-state index contributed by atoms with van der Waals surface area (Å²) < 4.78 is 23.5. The van der Waals surface area contributed by atoms with Crippen LogP contribution in [0.1, 0.15) is 48.8 Å². The van der Waals surface area contributed by atoms with Crippen molar-refractivity contribution < 1.29 is 27.9 Å². The van der Waals surface area contributed by atoms with Crippen LogP contribution in [0.5, 0.6) is 0 Å². The van der Waals surface area contributed by atoms with Crippen molar-refractivity contribution in [3.8, 4) is 0 Å². The van der Waals surface area contributed by atoms with Gasteiger partial charge in [-0.3, -0.25) is 15.0 Å². The lowest BCUT2D eigenvalue weighted by Gasteiger charge is -2.15. The maximum absolute atomic E-state index is 12.8. The summed E-state index contributed by atoms with van der Waals surface area (Å²) >= 11 is 0. The molecule has 0 aliphatic carbocycles. The minimum atomic E-state index is -2.74. The molecular weight excluding hydrogens is 496 g/mol. The minimum Gasteiger partial charge on any atom is -0.480 e. The number of carbonyl (C=O) groups is 3. The van der Waals surface area contributed by atoms with Crippen LogP contribution in [-0.2, 0) is 37.5 Å². The predicted octanol–water partition coefficient (Wildman–Crippen LogP) is 1.98. The van der Waals surface area contributed by atoms with Crippen LogP contribution in [0.4, 0.5) is 5.69 Å². The molecular formula is C26H28N4O6S. The van der Waals surface area contributed by atoms with E-state index in [0.29, 0.717) is 24.1 Å². The number of carboxylic acids is 1. The van der Waals surface area contributed by atoms with E-state index >= 15 is 0 Å². The van der Waals surface area contributed by atoms with Gasteiger partial charge in [0.05, 0.1) is 11.5 Å². The van der Waals surface area contributed by atoms with Crippen LogP contribution in [0.3, 0.4) is 0 Å². The molecule has 37 heavy (non-hydrogen) atoms. The van der Waals surface area contributed by atoms with E-state index in [9.17, 15) is 27.9 Å². The number of aliphatic carboxylic acids is 1. The molecule has 10 nitrogen and oxygen atoms in total. The number of Topliss-reactive ketones (excluding diaryl/α,β-unsaturated/α-hetero) is 1. The summed E-state index contributed by atoms with van der Waals surface area (Å²) in [6, 6.07) is 11.9. The summed E-state index contributed by atoms with van der Waals surface area (Å²) in [7, 11) is -2.74. The first-order valence-corrected chi connectivity index (χ1v) is 12.8. The average molecular weight is 525 g/mol. The molecule has 0 saturated heterocycles. The van der Waals surface area contributed by atoms with Gasteiger partial charge in [-0.05, 0) is 30.0 Å². The molecule has 1 amide bonds. The number of unbranched alkanes of at least 4 members (excludes halogenated alkanes) is 2. The van der Waals surface area contributed by atoms with Gasteiger partial charge >= 0.3 is 5.97 Å². The van der Waals surface area contributed by atoms with Crippen LogP contribution in [0.2, 0.25) is 0 Å². The minimum absolute atomic E-state index is 0.0402. The lowest BCUT2D eigenvalue weighted by molar-refractivity contribution is -0.141. The van der Waals surface area contributed by atoms with Gasteiger partial charge in [-0.1, -0.05) is 48.9 Å². The quantitative estimate of drug-likeness (QED) is 0.134. The number of hydrogen-bond acceptors (Lipinski definition) is 7. The van der Waals surface area contributed by atoms with Crippen LogP contribution in [0, 0.1) is 5.41 Å². The number of carbonyl (C=O) groups excluding carboxylic acids is 2. The number of hydrogen-bond donors (Lipinski definition) is 4. The molecule has 5 N–H and O–H groups in total. The third-order valence-corrected chi connectivity index (χ3v) is 6.59. The van der Waals surface area contributed by atoms with Crippen molar-refractivity contribution >= 4 is 50.1 Å². The molecule has 2 aromatic rings. The molecule has 1 aliphatic heterocycles. The Bertz CT molecular complexity index is 1370. The van der Waals surface area contributed by atoms with Gasteiger partial charge < -0.3 is 16.2 Å². The molecule has 0 bridgehead atoms. The number of nitrogens with zero attached hydrogens (tertiary/aromatic N) is 1. The lowest BCUT2D eigenvalue weighted by Crippen LogP contribution is -2.46. The van der Waals surface area contributed by atoms with E-state index in [1.165, 1.54) is 6.07 Å². The number of ketones is 1. The number of amides is 1. The average Bonchev–Trinajstić information content (AvgIpc) is 3.24. The predicted molar refractivity (Wildman–Crippen MR) is 140 cm³/mol. The smallest absolute Gasteiger partial charge is 0.326 e. The molecule has 1 aliphatic rings. The standard InChI is InChI=1S/C26H28N4O6S/c27-22(28)9-3-1-2-6-18(31)14-16-10-12-17(13-11-16)15-21(26(33)34)30-25(32)23-24(37(35)36)19-7-4-5-8-20(19)29-23/h4-5,7-8,10-13,21H,1-3,6,9,14-15H2,(H3,27,28)(H,30,32)(H,33,34)/t21-/m0/s1. The van der Waals surface area contributed by atoms with Crippen LogP contribution in [-0.4, -0.2) is 53.6 Å². The first kappa shape index (κ1) is 27.5. The first-order chi connectivity index (χ1) is 17.7. The largest absolute Gasteiger partial charge is 0.480 e. The van der Waals surface area contributed by atoms with E-state index in [1.807, 2.05) is 0 Å². The number of carboxylic acid groups (broad SMARTS) is 1. The molecule has 0 fully saturated rings. The van der Waals surface area contributed by atoms with Gasteiger partial charge in [0.1, 0.15) is 16.7 Å². The fourth-order valence-electron chi connectivity index (χ4n) is 3.97. The number of benzene rings is 2. The molecule has 11 heteroatoms. The molecule has 0 saturated carbocycles. The molecule has 0 radical (unpaired) electrons. The molecule has 0 aromatic heterocycles. The Kier molecular flexibility index (Phi) is 9.45. The van der Waals surface area contributed by atoms with Gasteiger partial charge in [0, 0.05) is 31.2 Å². The van der Waals surface area contributed by atoms with Crippen molar-refractivity contribution in [1.82, 2.24) is 5.32 Å². The highest BCUT2D eigenvalue weighted by Gasteiger charge is 2.31. The Morgan fingerprint density at radius 2 is 1.62 bits per heavy atom.